The minimum Gasteiger partial charge on any atom is -0.325 e. The van der Waals surface area contributed by atoms with E-state index in [1.165, 1.54) is 27.2 Å². The second kappa shape index (κ2) is 9.88. The van der Waals surface area contributed by atoms with E-state index in [2.05, 4.69) is 15.4 Å². The second-order valence-electron chi connectivity index (χ2n) is 8.43. The van der Waals surface area contributed by atoms with Crippen molar-refractivity contribution in [2.45, 2.75) is 27.4 Å². The Morgan fingerprint density at radius 3 is 2.38 bits per heavy atom. The summed E-state index contributed by atoms with van der Waals surface area (Å²) in [7, 11) is -8.87. The van der Waals surface area contributed by atoms with Crippen LogP contribution in [-0.2, 0) is 24.8 Å². The Kier molecular flexibility index (Phi) is 6.99. The maximum atomic E-state index is 13.4. The lowest BCUT2D eigenvalue weighted by Crippen LogP contribution is -2.28. The number of benzene rings is 2. The topological polar surface area (TPSA) is 202 Å². The highest BCUT2D eigenvalue weighted by molar-refractivity contribution is 7.99. The molecule has 204 valence electrons. The van der Waals surface area contributed by atoms with E-state index in [1.807, 2.05) is 0 Å². The highest BCUT2D eigenvalue weighted by Crippen LogP contribution is 2.35. The van der Waals surface area contributed by atoms with Crippen molar-refractivity contribution in [3.63, 3.8) is 0 Å². The fourth-order valence-corrected chi connectivity index (χ4v) is 7.18. The summed E-state index contributed by atoms with van der Waals surface area (Å²) in [6.07, 6.45) is 1.15. The molecule has 0 radical (unpaired) electrons. The maximum absolute atomic E-state index is 13.4. The van der Waals surface area contributed by atoms with Gasteiger partial charge in [0.15, 0.2) is 10.8 Å². The standard InChI is InChI=1S/C21H17Cl2N7O6S3/c22-10-1-3-11(4-2-10)30-19-13(8-26-30)20(32)29-12(9-37-21(29)28-19)5-18(31)27-15-6-14(23)16(38(24,33)34)7-17(15)39(25,35)36/h1-4,6-8,12H,5,9H2,(H,27,31)(H2,24,33,34)(H2,25,35,36). The van der Waals surface area contributed by atoms with Crippen molar-refractivity contribution in [1.82, 2.24) is 19.3 Å². The van der Waals surface area contributed by atoms with Crippen LogP contribution in [0, 0.1) is 0 Å². The van der Waals surface area contributed by atoms with Gasteiger partial charge in [-0.15, -0.1) is 0 Å². The molecule has 2 aromatic heterocycles. The zero-order chi connectivity index (χ0) is 28.3. The lowest BCUT2D eigenvalue weighted by Gasteiger charge is -2.16. The molecule has 3 heterocycles. The Morgan fingerprint density at radius 2 is 1.74 bits per heavy atom. The van der Waals surface area contributed by atoms with Crippen LogP contribution in [0.2, 0.25) is 10.0 Å². The Balaban J connectivity index is 1.45. The van der Waals surface area contributed by atoms with Crippen LogP contribution in [0.5, 0.6) is 0 Å². The van der Waals surface area contributed by atoms with E-state index in [0.717, 1.165) is 6.07 Å². The van der Waals surface area contributed by atoms with Gasteiger partial charge < -0.3 is 5.32 Å². The third kappa shape index (κ3) is 5.28. The molecule has 5 rings (SSSR count). The number of carbonyl (C=O) groups excluding carboxylic acids is 1. The van der Waals surface area contributed by atoms with Crippen LogP contribution in [0.3, 0.4) is 0 Å². The van der Waals surface area contributed by atoms with Crippen molar-refractivity contribution in [2.75, 3.05) is 11.1 Å². The smallest absolute Gasteiger partial charge is 0.265 e. The molecule has 13 nitrogen and oxygen atoms in total. The minimum atomic E-state index is -4.49. The average molecular weight is 631 g/mol. The number of rotatable bonds is 6. The Labute approximate surface area is 235 Å². The van der Waals surface area contributed by atoms with Crippen LogP contribution in [-0.4, -0.2) is 47.8 Å². The van der Waals surface area contributed by atoms with E-state index >= 15 is 0 Å². The SMILES string of the molecule is NS(=O)(=O)c1cc(S(N)(=O)=O)c(NC(=O)CC2CSc3nc4c(cnn4-c4ccc(Cl)cc4)c(=O)n32)cc1Cl. The number of halogens is 2. The third-order valence-corrected chi connectivity index (χ3v) is 9.46. The largest absolute Gasteiger partial charge is 0.325 e. The number of fused-ring (bicyclic) bond motifs is 2. The van der Waals surface area contributed by atoms with Gasteiger partial charge in [-0.2, -0.15) is 5.10 Å². The van der Waals surface area contributed by atoms with Crippen LogP contribution in [0.15, 0.2) is 62.3 Å². The van der Waals surface area contributed by atoms with Crippen molar-refractivity contribution in [2.24, 2.45) is 10.3 Å². The van der Waals surface area contributed by atoms with Crippen LogP contribution in [0.1, 0.15) is 12.5 Å². The molecule has 0 aliphatic carbocycles. The number of nitrogens with two attached hydrogens (primary N) is 2. The second-order valence-corrected chi connectivity index (χ2v) is 13.3. The van der Waals surface area contributed by atoms with E-state index in [9.17, 15) is 26.4 Å². The van der Waals surface area contributed by atoms with Gasteiger partial charge in [-0.05, 0) is 36.4 Å². The highest BCUT2D eigenvalue weighted by atomic mass is 35.5. The van der Waals surface area contributed by atoms with E-state index in [-0.39, 0.29) is 17.5 Å². The number of sulfonamides is 2. The molecule has 1 unspecified atom stereocenters. The van der Waals surface area contributed by atoms with Crippen LogP contribution < -0.4 is 21.2 Å². The Hall–Kier alpha value is -2.99. The number of amides is 1. The molecule has 0 saturated carbocycles. The highest BCUT2D eigenvalue weighted by Gasteiger charge is 2.30. The van der Waals surface area contributed by atoms with Crippen LogP contribution in [0.4, 0.5) is 5.69 Å². The first-order chi connectivity index (χ1) is 18.2. The molecular formula is C21H17Cl2N7O6S3. The predicted octanol–water partition coefficient (Wildman–Crippen LogP) is 1.86. The van der Waals surface area contributed by atoms with E-state index in [0.29, 0.717) is 33.3 Å². The first-order valence-corrected chi connectivity index (χ1v) is 15.7. The number of nitrogens with zero attached hydrogens (tertiary/aromatic N) is 4. The van der Waals surface area contributed by atoms with Crippen molar-refractivity contribution in [3.8, 4) is 5.69 Å². The molecule has 4 aromatic rings. The summed E-state index contributed by atoms with van der Waals surface area (Å²) in [4.78, 5) is 29.5. The molecule has 18 heteroatoms. The molecule has 39 heavy (non-hydrogen) atoms. The first kappa shape index (κ1) is 27.6. The van der Waals surface area contributed by atoms with Gasteiger partial charge in [0.25, 0.3) is 5.56 Å². The van der Waals surface area contributed by atoms with Gasteiger partial charge in [0.1, 0.15) is 15.2 Å². The monoisotopic (exact) mass is 629 g/mol. The van der Waals surface area contributed by atoms with Crippen molar-refractivity contribution in [1.29, 1.82) is 0 Å². The van der Waals surface area contributed by atoms with E-state index < -0.39 is 52.4 Å². The summed E-state index contributed by atoms with van der Waals surface area (Å²) in [5, 5.41) is 17.7. The Morgan fingerprint density at radius 1 is 1.08 bits per heavy atom. The molecule has 0 saturated heterocycles. The number of anilines is 1. The van der Waals surface area contributed by atoms with Gasteiger partial charge in [0, 0.05) is 17.2 Å². The summed E-state index contributed by atoms with van der Waals surface area (Å²) in [5.74, 6) is -0.342. The first-order valence-electron chi connectivity index (χ1n) is 10.8. The molecule has 5 N–H and O–H groups in total. The predicted molar refractivity (Wildman–Crippen MR) is 145 cm³/mol. The van der Waals surface area contributed by atoms with Gasteiger partial charge in [0.05, 0.1) is 28.6 Å². The fourth-order valence-electron chi connectivity index (χ4n) is 4.05. The number of carbonyl (C=O) groups is 1. The van der Waals surface area contributed by atoms with Crippen LogP contribution in [0.25, 0.3) is 16.7 Å². The average Bonchev–Trinajstić information content (AvgIpc) is 3.43. The summed E-state index contributed by atoms with van der Waals surface area (Å²) in [6.45, 7) is 0. The molecule has 1 atom stereocenters. The quantitative estimate of drug-likeness (QED) is 0.266. The normalized spacial score (nSPS) is 15.4. The lowest BCUT2D eigenvalue weighted by molar-refractivity contribution is -0.116. The van der Waals surface area contributed by atoms with Crippen molar-refractivity contribution in [3.05, 3.63) is 63.0 Å². The fraction of sp³-hybridized carbons (Fsp3) is 0.143. The van der Waals surface area contributed by atoms with Gasteiger partial charge in [0.2, 0.25) is 26.0 Å². The maximum Gasteiger partial charge on any atom is 0.265 e. The molecule has 2 aromatic carbocycles. The molecule has 1 aliphatic heterocycles. The molecule has 0 fully saturated rings. The zero-order valence-corrected chi connectivity index (χ0v) is 23.4. The molecular weight excluding hydrogens is 613 g/mol. The van der Waals surface area contributed by atoms with Crippen molar-refractivity contribution < 1.29 is 21.6 Å². The van der Waals surface area contributed by atoms with Crippen LogP contribution >= 0.6 is 35.0 Å². The summed E-state index contributed by atoms with van der Waals surface area (Å²) in [5.41, 5.74) is 0.260. The molecule has 0 spiro atoms. The number of aromatic nitrogens is 4. The Bertz CT molecular complexity index is 1940. The van der Waals surface area contributed by atoms with Gasteiger partial charge in [-0.3, -0.25) is 14.2 Å². The zero-order valence-electron chi connectivity index (χ0n) is 19.4. The van der Waals surface area contributed by atoms with Crippen molar-refractivity contribution >= 4 is 77.6 Å². The summed E-state index contributed by atoms with van der Waals surface area (Å²) in [6, 6.07) is 7.82. The lowest BCUT2D eigenvalue weighted by atomic mass is 10.2. The summed E-state index contributed by atoms with van der Waals surface area (Å²) >= 11 is 13.2. The third-order valence-electron chi connectivity index (χ3n) is 5.78. The summed E-state index contributed by atoms with van der Waals surface area (Å²) < 4.78 is 50.6. The number of thioether (sulfide) groups is 1. The minimum absolute atomic E-state index is 0.239. The van der Waals surface area contributed by atoms with E-state index in [4.69, 9.17) is 33.5 Å². The number of hydrogen-bond acceptors (Lipinski definition) is 9. The number of hydrogen-bond donors (Lipinski definition) is 3. The molecule has 1 amide bonds. The number of primary sulfonamides is 2. The number of nitrogens with one attached hydrogen (secondary N) is 1. The van der Waals surface area contributed by atoms with E-state index in [1.54, 1.807) is 24.3 Å². The van der Waals surface area contributed by atoms with Gasteiger partial charge in [-0.1, -0.05) is 35.0 Å². The van der Waals surface area contributed by atoms with Gasteiger partial charge in [-0.25, -0.2) is 36.8 Å². The molecule has 0 bridgehead atoms. The molecule has 1 aliphatic rings. The van der Waals surface area contributed by atoms with Gasteiger partial charge >= 0.3 is 0 Å².